The monoisotopic (exact) mass is 522 g/mol. The summed E-state index contributed by atoms with van der Waals surface area (Å²) < 4.78 is -0.589. The van der Waals surface area contributed by atoms with Crippen LogP contribution in [-0.4, -0.2) is 22.2 Å². The molecule has 0 spiro atoms. The first-order valence-corrected chi connectivity index (χ1v) is 11.6. The van der Waals surface area contributed by atoms with E-state index in [-0.39, 0.29) is 5.78 Å². The number of pyridine rings is 1. The molecule has 4 heteroatoms. The number of likely N-dealkylation sites (tertiary alicyclic amines) is 1. The van der Waals surface area contributed by atoms with Crippen LogP contribution in [0.15, 0.2) is 84.6 Å². The Morgan fingerprint density at radius 2 is 1.68 bits per heavy atom. The number of aromatic nitrogens is 1. The average molecular weight is 522 g/mol. The number of benzene rings is 2. The molecule has 4 rings (SSSR count). The molecule has 1 saturated heterocycles. The van der Waals surface area contributed by atoms with Gasteiger partial charge in [-0.05, 0) is 36.3 Å². The third-order valence-corrected chi connectivity index (χ3v) is 7.75. The van der Waals surface area contributed by atoms with Crippen LogP contribution < -0.4 is 0 Å². The zero-order valence-corrected chi connectivity index (χ0v) is 20.3. The molecule has 31 heavy (non-hydrogen) atoms. The molecule has 3 nitrogen and oxygen atoms in total. The Balaban J connectivity index is 1.89. The van der Waals surface area contributed by atoms with E-state index in [2.05, 4.69) is 75.8 Å². The molecule has 1 aliphatic rings. The van der Waals surface area contributed by atoms with Gasteiger partial charge in [0.05, 0.1) is 5.69 Å². The van der Waals surface area contributed by atoms with Crippen LogP contribution in [0.2, 0.25) is 0 Å². The summed E-state index contributed by atoms with van der Waals surface area (Å²) in [5.41, 5.74) is 4.68. The standard InChI is InChI=1S/C27H27IN2O/c1-20-12-14-21(15-13-20)18-30-19-26(2,3)25(31)24(17-23-11-7-8-16-29-23)27(30,28)22-9-5-4-6-10-22/h4-17H,18-19H2,1-3H3. The van der Waals surface area contributed by atoms with Gasteiger partial charge < -0.3 is 0 Å². The molecule has 0 bridgehead atoms. The van der Waals surface area contributed by atoms with E-state index < -0.39 is 8.96 Å². The molecule has 0 saturated carbocycles. The van der Waals surface area contributed by atoms with E-state index in [1.54, 1.807) is 6.20 Å². The number of nitrogens with zero attached hydrogens (tertiary/aromatic N) is 2. The summed E-state index contributed by atoms with van der Waals surface area (Å²) >= 11 is 2.48. The highest BCUT2D eigenvalue weighted by Crippen LogP contribution is 2.51. The van der Waals surface area contributed by atoms with Crippen molar-refractivity contribution in [3.8, 4) is 0 Å². The Kier molecular flexibility index (Phi) is 6.13. The smallest absolute Gasteiger partial charge is 0.168 e. The number of piperidine rings is 1. The van der Waals surface area contributed by atoms with Gasteiger partial charge in [-0.2, -0.15) is 0 Å². The second-order valence-corrected chi connectivity index (χ2v) is 10.4. The number of ketones is 1. The van der Waals surface area contributed by atoms with Gasteiger partial charge in [0.1, 0.15) is 3.55 Å². The van der Waals surface area contributed by atoms with E-state index in [4.69, 9.17) is 0 Å². The molecule has 2 heterocycles. The van der Waals surface area contributed by atoms with Gasteiger partial charge in [0.2, 0.25) is 0 Å². The first-order chi connectivity index (χ1) is 14.8. The van der Waals surface area contributed by atoms with E-state index in [1.165, 1.54) is 11.1 Å². The van der Waals surface area contributed by atoms with E-state index in [9.17, 15) is 4.79 Å². The summed E-state index contributed by atoms with van der Waals surface area (Å²) in [4.78, 5) is 20.7. The van der Waals surface area contributed by atoms with Gasteiger partial charge in [0, 0.05) is 30.3 Å². The minimum Gasteiger partial charge on any atom is -0.294 e. The summed E-state index contributed by atoms with van der Waals surface area (Å²) in [6.07, 6.45) is 3.75. The summed E-state index contributed by atoms with van der Waals surface area (Å²) in [7, 11) is 0. The van der Waals surface area contributed by atoms with Crippen LogP contribution in [0.5, 0.6) is 0 Å². The second kappa shape index (κ2) is 8.67. The van der Waals surface area contributed by atoms with Crippen LogP contribution in [0.25, 0.3) is 6.08 Å². The lowest BCUT2D eigenvalue weighted by Gasteiger charge is -2.50. The fourth-order valence-corrected chi connectivity index (χ4v) is 5.29. The van der Waals surface area contributed by atoms with Crippen molar-refractivity contribution in [1.29, 1.82) is 0 Å². The first kappa shape index (κ1) is 21.9. The molecule has 1 atom stereocenters. The quantitative estimate of drug-likeness (QED) is 0.178. The molecule has 3 aromatic rings. The maximum atomic E-state index is 13.8. The topological polar surface area (TPSA) is 33.2 Å². The van der Waals surface area contributed by atoms with Gasteiger partial charge in [-0.3, -0.25) is 14.7 Å². The predicted molar refractivity (Wildman–Crippen MR) is 135 cm³/mol. The van der Waals surface area contributed by atoms with Gasteiger partial charge in [-0.1, -0.05) is 103 Å². The summed E-state index contributed by atoms with van der Waals surface area (Å²) in [5, 5.41) is 0. The van der Waals surface area contributed by atoms with Crippen molar-refractivity contribution in [1.82, 2.24) is 9.88 Å². The molecule has 2 aromatic carbocycles. The predicted octanol–water partition coefficient (Wildman–Crippen LogP) is 6.17. The van der Waals surface area contributed by atoms with Gasteiger partial charge in [-0.25, -0.2) is 0 Å². The second-order valence-electron chi connectivity index (χ2n) is 8.86. The SMILES string of the molecule is Cc1ccc(CN2CC(C)(C)C(=O)C(=Cc3ccccn3)C2(I)c2ccccc2)cc1. The van der Waals surface area contributed by atoms with Gasteiger partial charge in [0.25, 0.3) is 0 Å². The van der Waals surface area contributed by atoms with Crippen molar-refractivity contribution in [2.24, 2.45) is 5.41 Å². The number of halogens is 1. The first-order valence-electron chi connectivity index (χ1n) is 10.5. The molecule has 0 aliphatic carbocycles. The highest BCUT2D eigenvalue weighted by atomic mass is 127. The van der Waals surface area contributed by atoms with Crippen molar-refractivity contribution in [2.75, 3.05) is 6.54 Å². The third-order valence-electron chi connectivity index (χ3n) is 5.87. The lowest BCUT2D eigenvalue weighted by molar-refractivity contribution is -0.128. The number of alkyl halides is 1. The van der Waals surface area contributed by atoms with Crippen LogP contribution in [0.4, 0.5) is 0 Å². The Morgan fingerprint density at radius 3 is 2.32 bits per heavy atom. The molecular formula is C27H27IN2O. The summed E-state index contributed by atoms with van der Waals surface area (Å²) in [6, 6.07) is 24.8. The van der Waals surface area contributed by atoms with E-state index in [1.807, 2.05) is 56.3 Å². The molecule has 0 radical (unpaired) electrons. The number of hydrogen-bond acceptors (Lipinski definition) is 3. The minimum atomic E-state index is -0.589. The normalized spacial score (nSPS) is 22.6. The fraction of sp³-hybridized carbons (Fsp3) is 0.259. The Morgan fingerprint density at radius 1 is 1.00 bits per heavy atom. The van der Waals surface area contributed by atoms with Gasteiger partial charge >= 0.3 is 0 Å². The van der Waals surface area contributed by atoms with Crippen LogP contribution in [-0.2, 0) is 14.9 Å². The maximum Gasteiger partial charge on any atom is 0.168 e. The molecule has 0 amide bonds. The average Bonchev–Trinajstić information content (AvgIpc) is 2.78. The third kappa shape index (κ3) is 4.37. The summed E-state index contributed by atoms with van der Waals surface area (Å²) in [6.45, 7) is 7.63. The number of aryl methyl sites for hydroxylation is 1. The van der Waals surface area contributed by atoms with E-state index >= 15 is 0 Å². The molecule has 1 unspecified atom stereocenters. The zero-order chi connectivity index (χ0) is 22.1. The highest BCUT2D eigenvalue weighted by molar-refractivity contribution is 14.1. The molecule has 1 aliphatic heterocycles. The number of carbonyl (C=O) groups is 1. The largest absolute Gasteiger partial charge is 0.294 e. The van der Waals surface area contributed by atoms with E-state index in [0.717, 1.165) is 23.4 Å². The van der Waals surface area contributed by atoms with Crippen LogP contribution >= 0.6 is 22.6 Å². The van der Waals surface area contributed by atoms with Crippen molar-refractivity contribution >= 4 is 34.5 Å². The van der Waals surface area contributed by atoms with Crippen LogP contribution in [0.1, 0.15) is 36.2 Å². The zero-order valence-electron chi connectivity index (χ0n) is 18.2. The van der Waals surface area contributed by atoms with Crippen LogP contribution in [0.3, 0.4) is 0 Å². The van der Waals surface area contributed by atoms with E-state index in [0.29, 0.717) is 6.54 Å². The van der Waals surface area contributed by atoms with Crippen molar-refractivity contribution in [3.05, 3.63) is 107 Å². The Labute approximate surface area is 198 Å². The lowest BCUT2D eigenvalue weighted by Crippen LogP contribution is -2.56. The molecule has 158 valence electrons. The number of hydrogen-bond donors (Lipinski definition) is 0. The molecule has 0 N–H and O–H groups in total. The van der Waals surface area contributed by atoms with Crippen molar-refractivity contribution in [2.45, 2.75) is 30.9 Å². The summed E-state index contributed by atoms with van der Waals surface area (Å²) in [5.74, 6) is 0.177. The Bertz CT molecular complexity index is 1090. The van der Waals surface area contributed by atoms with Gasteiger partial charge in [-0.15, -0.1) is 0 Å². The lowest BCUT2D eigenvalue weighted by atomic mass is 9.74. The van der Waals surface area contributed by atoms with Gasteiger partial charge in [0.15, 0.2) is 5.78 Å². The highest BCUT2D eigenvalue weighted by Gasteiger charge is 2.52. The number of rotatable bonds is 4. The fourth-order valence-electron chi connectivity index (χ4n) is 4.19. The number of Topliss-reactive ketones (excluding diaryl/α,β-unsaturated/α-hetero) is 1. The van der Waals surface area contributed by atoms with Crippen molar-refractivity contribution in [3.63, 3.8) is 0 Å². The minimum absolute atomic E-state index is 0.177. The molecule has 1 aromatic heterocycles. The maximum absolute atomic E-state index is 13.8. The van der Waals surface area contributed by atoms with Crippen LogP contribution in [0, 0.1) is 12.3 Å². The van der Waals surface area contributed by atoms with Crippen molar-refractivity contribution < 1.29 is 4.79 Å². The molecular weight excluding hydrogens is 495 g/mol. The Hall–Kier alpha value is -2.31. The number of carbonyl (C=O) groups excluding carboxylic acids is 1. The molecule has 1 fully saturated rings.